The molecule has 1 aromatic carbocycles. The lowest BCUT2D eigenvalue weighted by Crippen LogP contribution is -2.44. The molecule has 0 spiro atoms. The Labute approximate surface area is 118 Å². The van der Waals surface area contributed by atoms with Crippen molar-refractivity contribution in [2.75, 3.05) is 11.2 Å². The smallest absolute Gasteiger partial charge is 0.296 e. The molecule has 2 aromatic rings. The fourth-order valence-electron chi connectivity index (χ4n) is 3.08. The maximum atomic E-state index is 6.22. The van der Waals surface area contributed by atoms with Crippen LogP contribution in [-0.2, 0) is 0 Å². The van der Waals surface area contributed by atoms with Crippen LogP contribution in [0.2, 0.25) is 0 Å². The van der Waals surface area contributed by atoms with Crippen molar-refractivity contribution in [3.63, 3.8) is 0 Å². The Morgan fingerprint density at radius 2 is 2.32 bits per heavy atom. The summed E-state index contributed by atoms with van der Waals surface area (Å²) in [6, 6.07) is 8.41. The second-order valence-corrected chi connectivity index (χ2v) is 5.99. The van der Waals surface area contributed by atoms with E-state index in [1.54, 1.807) is 0 Å². The average molecular weight is 279 g/mol. The summed E-state index contributed by atoms with van der Waals surface area (Å²) >= 11 is 6.22. The van der Waals surface area contributed by atoms with Crippen LogP contribution in [0, 0.1) is 5.92 Å². The van der Waals surface area contributed by atoms with Gasteiger partial charge in [0.1, 0.15) is 5.52 Å². The first-order chi connectivity index (χ1) is 9.21. The molecule has 19 heavy (non-hydrogen) atoms. The lowest BCUT2D eigenvalue weighted by Gasteiger charge is -2.38. The fourth-order valence-corrected chi connectivity index (χ4v) is 3.39. The summed E-state index contributed by atoms with van der Waals surface area (Å²) in [5.41, 5.74) is 1.64. The van der Waals surface area contributed by atoms with Gasteiger partial charge in [-0.05, 0) is 30.9 Å². The molecule has 1 aliphatic carbocycles. The van der Waals surface area contributed by atoms with Gasteiger partial charge in [0, 0.05) is 5.88 Å². The summed E-state index contributed by atoms with van der Waals surface area (Å²) in [5, 5.41) is 3.45. The molecule has 0 amide bonds. The molecule has 4 heteroatoms. The van der Waals surface area contributed by atoms with Gasteiger partial charge in [-0.15, -0.1) is 11.6 Å². The van der Waals surface area contributed by atoms with Crippen LogP contribution in [0.5, 0.6) is 0 Å². The van der Waals surface area contributed by atoms with Crippen molar-refractivity contribution in [3.8, 4) is 0 Å². The van der Waals surface area contributed by atoms with Gasteiger partial charge in [0.25, 0.3) is 6.01 Å². The zero-order valence-corrected chi connectivity index (χ0v) is 11.9. The van der Waals surface area contributed by atoms with Gasteiger partial charge in [0.15, 0.2) is 5.58 Å². The number of hydrogen-bond donors (Lipinski definition) is 1. The number of nitrogens with one attached hydrogen (secondary N) is 1. The number of nitrogens with zero attached hydrogens (tertiary/aromatic N) is 1. The Morgan fingerprint density at radius 3 is 3.05 bits per heavy atom. The Morgan fingerprint density at radius 1 is 1.47 bits per heavy atom. The average Bonchev–Trinajstić information content (AvgIpc) is 2.80. The van der Waals surface area contributed by atoms with Gasteiger partial charge in [-0.25, -0.2) is 0 Å². The largest absolute Gasteiger partial charge is 0.424 e. The molecule has 0 saturated heterocycles. The van der Waals surface area contributed by atoms with E-state index >= 15 is 0 Å². The van der Waals surface area contributed by atoms with Crippen molar-refractivity contribution in [1.29, 1.82) is 0 Å². The zero-order valence-electron chi connectivity index (χ0n) is 11.2. The molecule has 1 heterocycles. The van der Waals surface area contributed by atoms with Crippen LogP contribution in [0.15, 0.2) is 28.7 Å². The number of benzene rings is 1. The van der Waals surface area contributed by atoms with E-state index in [1.807, 2.05) is 24.3 Å². The highest BCUT2D eigenvalue weighted by molar-refractivity contribution is 6.18. The Hall–Kier alpha value is -1.22. The third-order valence-electron chi connectivity index (χ3n) is 4.01. The van der Waals surface area contributed by atoms with Crippen molar-refractivity contribution in [2.45, 2.75) is 38.1 Å². The van der Waals surface area contributed by atoms with Crippen LogP contribution >= 0.6 is 11.6 Å². The Balaban J connectivity index is 1.85. The molecule has 102 valence electrons. The number of hydrogen-bond acceptors (Lipinski definition) is 3. The van der Waals surface area contributed by atoms with Gasteiger partial charge in [-0.1, -0.05) is 31.9 Å². The van der Waals surface area contributed by atoms with Gasteiger partial charge in [0.05, 0.1) is 5.54 Å². The van der Waals surface area contributed by atoms with E-state index in [0.29, 0.717) is 17.8 Å². The third kappa shape index (κ3) is 2.57. The van der Waals surface area contributed by atoms with Crippen LogP contribution in [-0.4, -0.2) is 16.4 Å². The topological polar surface area (TPSA) is 38.1 Å². The Kier molecular flexibility index (Phi) is 3.40. The van der Waals surface area contributed by atoms with Crippen LogP contribution in [0.4, 0.5) is 6.01 Å². The second kappa shape index (κ2) is 5.04. The second-order valence-electron chi connectivity index (χ2n) is 5.73. The molecule has 2 atom stereocenters. The number of aromatic nitrogens is 1. The van der Waals surface area contributed by atoms with Crippen molar-refractivity contribution >= 4 is 28.7 Å². The lowest BCUT2D eigenvalue weighted by atomic mass is 9.77. The summed E-state index contributed by atoms with van der Waals surface area (Å²) in [6.07, 6.45) is 4.66. The summed E-state index contributed by atoms with van der Waals surface area (Å²) < 4.78 is 5.75. The first-order valence-electron chi connectivity index (χ1n) is 6.90. The molecule has 1 aliphatic rings. The van der Waals surface area contributed by atoms with Crippen molar-refractivity contribution in [3.05, 3.63) is 24.3 Å². The van der Waals surface area contributed by atoms with Crippen molar-refractivity contribution in [2.24, 2.45) is 5.92 Å². The minimum absolute atomic E-state index is 0.0693. The number of anilines is 1. The van der Waals surface area contributed by atoms with Gasteiger partial charge in [-0.2, -0.15) is 4.98 Å². The van der Waals surface area contributed by atoms with Gasteiger partial charge >= 0.3 is 0 Å². The molecular weight excluding hydrogens is 260 g/mol. The lowest BCUT2D eigenvalue weighted by molar-refractivity contribution is 0.275. The molecule has 3 nitrogen and oxygen atoms in total. The predicted octanol–water partition coefficient (Wildman–Crippen LogP) is 4.43. The normalized spacial score (nSPS) is 27.6. The molecule has 3 rings (SSSR count). The van der Waals surface area contributed by atoms with Gasteiger partial charge < -0.3 is 9.73 Å². The molecule has 1 N–H and O–H groups in total. The first-order valence-corrected chi connectivity index (χ1v) is 7.44. The highest BCUT2D eigenvalue weighted by Gasteiger charge is 2.35. The molecule has 1 fully saturated rings. The quantitative estimate of drug-likeness (QED) is 0.844. The van der Waals surface area contributed by atoms with Crippen molar-refractivity contribution in [1.82, 2.24) is 4.98 Å². The van der Waals surface area contributed by atoms with Crippen molar-refractivity contribution < 1.29 is 4.42 Å². The number of rotatable bonds is 3. The summed E-state index contributed by atoms with van der Waals surface area (Å²) in [6.45, 7) is 2.29. The van der Waals surface area contributed by atoms with Gasteiger partial charge in [0.2, 0.25) is 0 Å². The summed E-state index contributed by atoms with van der Waals surface area (Å²) in [4.78, 5) is 4.49. The predicted molar refractivity (Wildman–Crippen MR) is 78.7 cm³/mol. The van der Waals surface area contributed by atoms with E-state index in [2.05, 4.69) is 17.2 Å². The van der Waals surface area contributed by atoms with Gasteiger partial charge in [-0.3, -0.25) is 0 Å². The van der Waals surface area contributed by atoms with E-state index in [4.69, 9.17) is 16.0 Å². The van der Waals surface area contributed by atoms with Crippen LogP contribution in [0.3, 0.4) is 0 Å². The highest BCUT2D eigenvalue weighted by atomic mass is 35.5. The molecule has 0 aliphatic heterocycles. The molecule has 0 radical (unpaired) electrons. The number of para-hydroxylation sites is 2. The number of oxazole rings is 1. The number of fused-ring (bicyclic) bond motifs is 1. The SMILES string of the molecule is CC1CCCC(CCl)(Nc2nc3ccccc3o2)C1. The maximum absolute atomic E-state index is 6.22. The van der Waals surface area contributed by atoms with Crippen LogP contribution in [0.1, 0.15) is 32.6 Å². The molecule has 1 saturated carbocycles. The van der Waals surface area contributed by atoms with E-state index in [1.165, 1.54) is 12.8 Å². The highest BCUT2D eigenvalue weighted by Crippen LogP contribution is 2.36. The van der Waals surface area contributed by atoms with Crippen LogP contribution in [0.25, 0.3) is 11.1 Å². The Bertz CT molecular complexity index is 535. The fraction of sp³-hybridized carbons (Fsp3) is 0.533. The summed E-state index contributed by atoms with van der Waals surface area (Å²) in [7, 11) is 0. The monoisotopic (exact) mass is 278 g/mol. The van der Waals surface area contributed by atoms with E-state index in [-0.39, 0.29) is 5.54 Å². The first kappa shape index (κ1) is 12.8. The maximum Gasteiger partial charge on any atom is 0.296 e. The van der Waals surface area contributed by atoms with Crippen LogP contribution < -0.4 is 5.32 Å². The minimum atomic E-state index is -0.0693. The molecule has 1 aromatic heterocycles. The van der Waals surface area contributed by atoms with E-state index in [0.717, 1.165) is 23.9 Å². The zero-order chi connectivity index (χ0) is 13.3. The third-order valence-corrected chi connectivity index (χ3v) is 4.52. The number of alkyl halides is 1. The molecule has 0 bridgehead atoms. The van der Waals surface area contributed by atoms with E-state index < -0.39 is 0 Å². The standard InChI is InChI=1S/C15H19ClN2O/c1-11-5-4-8-15(9-11,10-16)18-14-17-12-6-2-3-7-13(12)19-14/h2-3,6-7,11H,4-5,8-10H2,1H3,(H,17,18). The number of halogens is 1. The molecule has 2 unspecified atom stereocenters. The minimum Gasteiger partial charge on any atom is -0.424 e. The summed E-state index contributed by atoms with van der Waals surface area (Å²) in [5.74, 6) is 1.29. The van der Waals surface area contributed by atoms with E-state index in [9.17, 15) is 0 Å². The molecular formula is C15H19ClN2O.